The molecule has 254 valence electrons. The van der Waals surface area contributed by atoms with Gasteiger partial charge in [0.05, 0.1) is 61.6 Å². The lowest BCUT2D eigenvalue weighted by Gasteiger charge is -2.42. The van der Waals surface area contributed by atoms with Crippen LogP contribution < -0.4 is 20.7 Å². The van der Waals surface area contributed by atoms with E-state index in [0.717, 1.165) is 17.0 Å². The number of benzene rings is 2. The van der Waals surface area contributed by atoms with Gasteiger partial charge in [0.2, 0.25) is 0 Å². The number of hydrogen-bond acceptors (Lipinski definition) is 6. The van der Waals surface area contributed by atoms with E-state index in [2.05, 4.69) is 32.8 Å². The molecule has 0 spiro atoms. The van der Waals surface area contributed by atoms with Gasteiger partial charge in [0.25, 0.3) is 17.7 Å². The number of hydrogen-bond donors (Lipinski definition) is 3. The molecule has 1 fully saturated rings. The highest BCUT2D eigenvalue weighted by molar-refractivity contribution is 6.05. The molecule has 1 aromatic heterocycles. The molecule has 1 aliphatic heterocycles. The van der Waals surface area contributed by atoms with E-state index < -0.39 is 61.5 Å². The number of amides is 2. The summed E-state index contributed by atoms with van der Waals surface area (Å²) < 4.78 is 103. The van der Waals surface area contributed by atoms with Gasteiger partial charge >= 0.3 is 6.18 Å². The number of carbonyl (C=O) groups excluding carboxylic acids is 2. The quantitative estimate of drug-likeness (QED) is 0.215. The minimum absolute atomic E-state index is 0.0855. The Bertz CT molecular complexity index is 1680. The molecule has 4 rings (SSSR count). The van der Waals surface area contributed by atoms with Gasteiger partial charge in [0, 0.05) is 31.8 Å². The van der Waals surface area contributed by atoms with Crippen molar-refractivity contribution >= 4 is 28.5 Å². The number of likely N-dealkylation sites (tertiary alicyclic amines) is 1. The van der Waals surface area contributed by atoms with E-state index in [-0.39, 0.29) is 65.2 Å². The Morgan fingerprint density at radius 3 is 2.53 bits per heavy atom. The van der Waals surface area contributed by atoms with Crippen LogP contribution in [0.5, 0.6) is 5.75 Å². The normalized spacial score (nSPS) is 17.9. The van der Waals surface area contributed by atoms with Crippen LogP contribution in [0.25, 0.3) is 11.0 Å². The lowest BCUT2D eigenvalue weighted by atomic mass is 9.90. The number of nitrogens with one attached hydrogen (secondary N) is 3. The zero-order valence-corrected chi connectivity index (χ0v) is 25.7. The third-order valence-electron chi connectivity index (χ3n) is 7.58. The summed E-state index contributed by atoms with van der Waals surface area (Å²) in [4.78, 5) is 30.8. The van der Waals surface area contributed by atoms with Crippen molar-refractivity contribution in [2.75, 3.05) is 52.3 Å². The van der Waals surface area contributed by atoms with E-state index in [1.807, 2.05) is 0 Å². The maximum atomic E-state index is 15.2. The Balaban J connectivity index is 1.62. The summed E-state index contributed by atoms with van der Waals surface area (Å²) in [5.74, 6) is -0.975. The van der Waals surface area contributed by atoms with E-state index >= 15 is 8.78 Å². The first kappa shape index (κ1) is 35.3. The van der Waals surface area contributed by atoms with E-state index in [1.165, 1.54) is 44.2 Å². The van der Waals surface area contributed by atoms with Gasteiger partial charge in [-0.25, -0.2) is 18.2 Å². The maximum Gasteiger partial charge on any atom is 0.406 e. The second kappa shape index (κ2) is 14.5. The first-order valence-electron chi connectivity index (χ1n) is 14.5. The number of halogens is 7. The maximum absolute atomic E-state index is 15.2. The molecule has 0 aliphatic carbocycles. The summed E-state index contributed by atoms with van der Waals surface area (Å²) in [5.41, 5.74) is -0.481. The molecular weight excluding hydrogens is 637 g/mol. The second-order valence-electron chi connectivity index (χ2n) is 11.1. The number of alkyl halides is 6. The summed E-state index contributed by atoms with van der Waals surface area (Å²) >= 11 is 0. The van der Waals surface area contributed by atoms with E-state index in [1.54, 1.807) is 0 Å². The van der Waals surface area contributed by atoms with Crippen LogP contribution >= 0.6 is 0 Å². The van der Waals surface area contributed by atoms with Gasteiger partial charge in [-0.2, -0.15) is 13.2 Å². The average Bonchev–Trinajstić information content (AvgIpc) is 3.39. The predicted molar refractivity (Wildman–Crippen MR) is 160 cm³/mol. The molecule has 2 aromatic carbocycles. The molecule has 3 N–H and O–H groups in total. The zero-order valence-electron chi connectivity index (χ0n) is 25.7. The van der Waals surface area contributed by atoms with E-state index in [4.69, 9.17) is 4.74 Å². The van der Waals surface area contributed by atoms with E-state index in [0.29, 0.717) is 0 Å². The Morgan fingerprint density at radius 2 is 1.89 bits per heavy atom. The number of anilines is 1. The summed E-state index contributed by atoms with van der Waals surface area (Å²) in [6.45, 7) is -1.06. The van der Waals surface area contributed by atoms with Gasteiger partial charge in [0.1, 0.15) is 23.6 Å². The number of rotatable bonds is 10. The zero-order chi connectivity index (χ0) is 34.5. The summed E-state index contributed by atoms with van der Waals surface area (Å²) in [6.07, 6.45) is -3.63. The van der Waals surface area contributed by atoms with Crippen LogP contribution in [-0.4, -0.2) is 91.4 Å². The molecule has 0 saturated carbocycles. The molecule has 0 bridgehead atoms. The minimum Gasteiger partial charge on any atom is -0.495 e. The summed E-state index contributed by atoms with van der Waals surface area (Å²) in [7, 11) is 2.66. The smallest absolute Gasteiger partial charge is 0.406 e. The standard InChI is InChI=1S/C31H33F7N6O3/c1-18-14-43(9-5-7-32)15-30(34,35)27(18)42-29(46)21-10-19(11-24-26(21)41-17-44(24)16-31(36,37)38)6-4-8-40-23-13-22(33)20(28(45)39-2)12-25(23)47-3/h10-13,17-18,27,40H,5,7-9,14-16H2,1-3H3,(H,39,45)(H,42,46)/t18-,27+/m1/s1. The first-order chi connectivity index (χ1) is 22.2. The lowest BCUT2D eigenvalue weighted by molar-refractivity contribution is -0.140. The molecule has 2 amide bonds. The molecule has 0 radical (unpaired) electrons. The molecule has 0 unspecified atom stereocenters. The van der Waals surface area contributed by atoms with Gasteiger partial charge in [-0.3, -0.25) is 18.9 Å². The number of nitrogens with zero attached hydrogens (tertiary/aromatic N) is 3. The number of imidazole rings is 1. The Labute approximate surface area is 265 Å². The monoisotopic (exact) mass is 670 g/mol. The predicted octanol–water partition coefficient (Wildman–Crippen LogP) is 4.61. The van der Waals surface area contributed by atoms with Crippen LogP contribution in [0.4, 0.5) is 36.4 Å². The fraction of sp³-hybridized carbons (Fsp3) is 0.452. The highest BCUT2D eigenvalue weighted by Gasteiger charge is 2.49. The number of aromatic nitrogens is 2. The molecule has 3 aromatic rings. The van der Waals surface area contributed by atoms with Crippen LogP contribution in [0.1, 0.15) is 39.6 Å². The van der Waals surface area contributed by atoms with Crippen molar-refractivity contribution in [2.45, 2.75) is 38.0 Å². The Morgan fingerprint density at radius 1 is 1.15 bits per heavy atom. The van der Waals surface area contributed by atoms with Crippen molar-refractivity contribution in [1.82, 2.24) is 25.1 Å². The highest BCUT2D eigenvalue weighted by Crippen LogP contribution is 2.32. The fourth-order valence-electron chi connectivity index (χ4n) is 5.49. The van der Waals surface area contributed by atoms with Crippen LogP contribution in [0.3, 0.4) is 0 Å². The number of carbonyl (C=O) groups is 2. The molecular formula is C31H33F7N6O3. The third kappa shape index (κ3) is 8.45. The number of ether oxygens (including phenoxy) is 1. The van der Waals surface area contributed by atoms with Crippen molar-refractivity contribution < 1.29 is 45.1 Å². The molecule has 2 heterocycles. The lowest BCUT2D eigenvalue weighted by Crippen LogP contribution is -2.62. The van der Waals surface area contributed by atoms with Gasteiger partial charge in [-0.15, -0.1) is 0 Å². The van der Waals surface area contributed by atoms with Crippen LogP contribution in [-0.2, 0) is 6.54 Å². The molecule has 1 aliphatic rings. The van der Waals surface area contributed by atoms with Crippen LogP contribution in [0, 0.1) is 23.6 Å². The van der Waals surface area contributed by atoms with Crippen molar-refractivity contribution in [3.8, 4) is 17.6 Å². The highest BCUT2D eigenvalue weighted by atomic mass is 19.4. The summed E-state index contributed by atoms with van der Waals surface area (Å²) in [5, 5.41) is 7.50. The van der Waals surface area contributed by atoms with E-state index in [9.17, 15) is 31.5 Å². The Kier molecular flexibility index (Phi) is 10.9. The van der Waals surface area contributed by atoms with Gasteiger partial charge in [0.15, 0.2) is 0 Å². The van der Waals surface area contributed by atoms with Crippen LogP contribution in [0.2, 0.25) is 0 Å². The largest absolute Gasteiger partial charge is 0.495 e. The van der Waals surface area contributed by atoms with Gasteiger partial charge in [-0.1, -0.05) is 18.8 Å². The first-order valence-corrected chi connectivity index (χ1v) is 14.5. The average molecular weight is 671 g/mol. The van der Waals surface area contributed by atoms with Crippen LogP contribution in [0.15, 0.2) is 30.6 Å². The number of piperidine rings is 1. The minimum atomic E-state index is -4.63. The molecule has 9 nitrogen and oxygen atoms in total. The third-order valence-corrected chi connectivity index (χ3v) is 7.58. The van der Waals surface area contributed by atoms with Crippen molar-refractivity contribution in [2.24, 2.45) is 5.92 Å². The SMILES string of the molecule is CNC(=O)c1cc(OC)c(NCC#Cc2cc(C(=O)N[C@H]3[C@H](C)CN(CCCF)CC3(F)F)c3ncn(CC(F)(F)F)c3c2)cc1F. The molecule has 2 atom stereocenters. The molecule has 1 saturated heterocycles. The fourth-order valence-corrected chi connectivity index (χ4v) is 5.49. The van der Waals surface area contributed by atoms with Crippen molar-refractivity contribution in [1.29, 1.82) is 0 Å². The summed E-state index contributed by atoms with van der Waals surface area (Å²) in [6, 6.07) is 3.16. The topological polar surface area (TPSA) is 101 Å². The molecule has 16 heteroatoms. The Hall–Kier alpha value is -4.52. The van der Waals surface area contributed by atoms with Gasteiger partial charge < -0.3 is 25.3 Å². The second-order valence-corrected chi connectivity index (χ2v) is 11.1. The van der Waals surface area contributed by atoms with Crippen molar-refractivity contribution in [3.63, 3.8) is 0 Å². The number of fused-ring (bicyclic) bond motifs is 1. The van der Waals surface area contributed by atoms with Crippen molar-refractivity contribution in [3.05, 3.63) is 53.1 Å². The number of methoxy groups -OCH3 is 1. The van der Waals surface area contributed by atoms with Gasteiger partial charge in [-0.05, 0) is 30.5 Å². The molecule has 47 heavy (non-hydrogen) atoms.